The van der Waals surface area contributed by atoms with Crippen molar-refractivity contribution in [2.45, 2.75) is 0 Å². The molecule has 0 spiro atoms. The molecule has 0 amide bonds. The zero-order valence-electron chi connectivity index (χ0n) is 6.35. The molecule has 0 aliphatic rings. The highest BCUT2D eigenvalue weighted by Gasteiger charge is 2.08. The van der Waals surface area contributed by atoms with Gasteiger partial charge in [-0.2, -0.15) is 0 Å². The molecule has 12 heavy (non-hydrogen) atoms. The highest BCUT2D eigenvalue weighted by Crippen LogP contribution is 2.07. The lowest BCUT2D eigenvalue weighted by molar-refractivity contribution is 0.109. The third-order valence-electron chi connectivity index (χ3n) is 1.24. The third kappa shape index (κ3) is 1.45. The number of furan rings is 1. The van der Waals surface area contributed by atoms with Crippen LogP contribution in [0.5, 0.6) is 0 Å². The number of carbonyl (C=O) groups excluding carboxylic acids is 1. The molecule has 1 heterocycles. The van der Waals surface area contributed by atoms with Crippen LogP contribution in [-0.4, -0.2) is 24.5 Å². The molecule has 0 saturated heterocycles. The predicted octanol–water partition coefficient (Wildman–Crippen LogP) is 0.874. The van der Waals surface area contributed by atoms with E-state index >= 15 is 0 Å². The van der Waals surface area contributed by atoms with Crippen molar-refractivity contribution in [2.24, 2.45) is 5.16 Å². The summed E-state index contributed by atoms with van der Waals surface area (Å²) in [6.45, 7) is 0. The van der Waals surface area contributed by atoms with E-state index in [0.29, 0.717) is 6.29 Å². The fourth-order valence-corrected chi connectivity index (χ4v) is 0.722. The second-order valence-electron chi connectivity index (χ2n) is 1.93. The molecule has 0 aromatic carbocycles. The van der Waals surface area contributed by atoms with Gasteiger partial charge in [-0.25, -0.2) is 0 Å². The second-order valence-corrected chi connectivity index (χ2v) is 1.93. The van der Waals surface area contributed by atoms with E-state index in [9.17, 15) is 4.79 Å². The van der Waals surface area contributed by atoms with Gasteiger partial charge in [-0.3, -0.25) is 4.79 Å². The summed E-state index contributed by atoms with van der Waals surface area (Å²) in [4.78, 5) is 10.2. The van der Waals surface area contributed by atoms with Gasteiger partial charge in [0.1, 0.15) is 0 Å². The van der Waals surface area contributed by atoms with Crippen molar-refractivity contribution in [1.29, 1.82) is 0 Å². The largest absolute Gasteiger partial charge is 0.476 e. The number of carbonyl (C=O) groups is 1. The second kappa shape index (κ2) is 3.56. The lowest BCUT2D eigenvalue weighted by atomic mass is 10.4. The van der Waals surface area contributed by atoms with Crippen molar-refractivity contribution in [3.63, 3.8) is 0 Å². The van der Waals surface area contributed by atoms with Crippen molar-refractivity contribution < 1.29 is 19.2 Å². The summed E-state index contributed by atoms with van der Waals surface area (Å²) in [7, 11) is 1.33. The van der Waals surface area contributed by atoms with Crippen LogP contribution in [0.1, 0.15) is 16.3 Å². The van der Waals surface area contributed by atoms with Crippen molar-refractivity contribution >= 4 is 12.2 Å². The number of oxime groups is 1. The van der Waals surface area contributed by atoms with Crippen molar-refractivity contribution in [3.05, 3.63) is 23.7 Å². The molecule has 1 N–H and O–H groups in total. The van der Waals surface area contributed by atoms with Crippen LogP contribution < -0.4 is 0 Å². The maximum atomic E-state index is 10.2. The summed E-state index contributed by atoms with van der Waals surface area (Å²) < 4.78 is 9.53. The maximum absolute atomic E-state index is 10.2. The first-order valence-electron chi connectivity index (χ1n) is 3.13. The van der Waals surface area contributed by atoms with E-state index in [1.807, 2.05) is 0 Å². The minimum Gasteiger partial charge on any atom is -0.476 e. The Balaban J connectivity index is 2.95. The fourth-order valence-electron chi connectivity index (χ4n) is 0.722. The topological polar surface area (TPSA) is 72.0 Å². The van der Waals surface area contributed by atoms with Crippen LogP contribution in [0.25, 0.3) is 0 Å². The Labute approximate surface area is 68.2 Å². The van der Waals surface area contributed by atoms with E-state index in [1.165, 1.54) is 19.2 Å². The maximum Gasteiger partial charge on any atom is 0.293 e. The zero-order chi connectivity index (χ0) is 8.97. The van der Waals surface area contributed by atoms with Crippen LogP contribution in [-0.2, 0) is 4.74 Å². The SMILES string of the molecule is COC(=NO)c1ccc(C=O)o1. The molecule has 64 valence electrons. The molecule has 0 fully saturated rings. The lowest BCUT2D eigenvalue weighted by Gasteiger charge is -1.95. The van der Waals surface area contributed by atoms with Gasteiger partial charge in [0.05, 0.1) is 7.11 Å². The van der Waals surface area contributed by atoms with Gasteiger partial charge in [-0.05, 0) is 17.3 Å². The van der Waals surface area contributed by atoms with Crippen LogP contribution in [0, 0.1) is 0 Å². The molecule has 0 saturated carbocycles. The summed E-state index contributed by atoms with van der Waals surface area (Å²) in [5, 5.41) is 11.2. The van der Waals surface area contributed by atoms with Crippen molar-refractivity contribution in [2.75, 3.05) is 7.11 Å². The molecule has 1 aromatic rings. The summed E-state index contributed by atoms with van der Waals surface area (Å²) in [6, 6.07) is 2.93. The number of hydrogen-bond acceptors (Lipinski definition) is 5. The Hall–Kier alpha value is -1.78. The first-order chi connectivity index (χ1) is 5.81. The number of hydrogen-bond donors (Lipinski definition) is 1. The first-order valence-corrected chi connectivity index (χ1v) is 3.13. The fraction of sp³-hybridized carbons (Fsp3) is 0.143. The number of rotatable bonds is 2. The van der Waals surface area contributed by atoms with E-state index in [1.54, 1.807) is 0 Å². The quantitative estimate of drug-likeness (QED) is 0.234. The van der Waals surface area contributed by atoms with Crippen LogP contribution in [0.4, 0.5) is 0 Å². The number of ether oxygens (including phenoxy) is 1. The molecule has 0 aliphatic carbocycles. The van der Waals surface area contributed by atoms with Crippen LogP contribution in [0.2, 0.25) is 0 Å². The van der Waals surface area contributed by atoms with Gasteiger partial charge in [0.25, 0.3) is 5.90 Å². The Morgan fingerprint density at radius 3 is 2.92 bits per heavy atom. The van der Waals surface area contributed by atoms with Gasteiger partial charge in [0, 0.05) is 0 Å². The van der Waals surface area contributed by atoms with Gasteiger partial charge in [-0.1, -0.05) is 0 Å². The molecule has 5 nitrogen and oxygen atoms in total. The molecule has 0 unspecified atom stereocenters. The summed E-state index contributed by atoms with van der Waals surface area (Å²) in [5.74, 6) is 0.299. The number of aldehydes is 1. The molecule has 0 atom stereocenters. The molecular formula is C7H7NO4. The molecule has 0 aliphatic heterocycles. The lowest BCUT2D eigenvalue weighted by Crippen LogP contribution is -2.01. The smallest absolute Gasteiger partial charge is 0.293 e. The third-order valence-corrected chi connectivity index (χ3v) is 1.24. The molecule has 5 heteroatoms. The van der Waals surface area contributed by atoms with Gasteiger partial charge >= 0.3 is 0 Å². The van der Waals surface area contributed by atoms with E-state index in [-0.39, 0.29) is 17.4 Å². The molecule has 1 aromatic heterocycles. The summed E-state index contributed by atoms with van der Waals surface area (Å²) in [5.41, 5.74) is 0. The Morgan fingerprint density at radius 1 is 1.75 bits per heavy atom. The van der Waals surface area contributed by atoms with Gasteiger partial charge < -0.3 is 14.4 Å². The Morgan fingerprint density at radius 2 is 2.50 bits per heavy atom. The average Bonchev–Trinajstić information content (AvgIpc) is 2.55. The summed E-state index contributed by atoms with van der Waals surface area (Å²) in [6.07, 6.45) is 0.550. The minimum absolute atomic E-state index is 0.0666. The minimum atomic E-state index is -0.0666. The van der Waals surface area contributed by atoms with E-state index in [2.05, 4.69) is 9.89 Å². The summed E-state index contributed by atoms with van der Waals surface area (Å²) >= 11 is 0. The van der Waals surface area contributed by atoms with Gasteiger partial charge in [0.15, 0.2) is 17.8 Å². The monoisotopic (exact) mass is 169 g/mol. The van der Waals surface area contributed by atoms with Crippen LogP contribution in [0.3, 0.4) is 0 Å². The van der Waals surface area contributed by atoms with Gasteiger partial charge in [0.2, 0.25) is 0 Å². The Kier molecular flexibility index (Phi) is 2.47. The Bertz CT molecular complexity index is 302. The highest BCUT2D eigenvalue weighted by molar-refractivity contribution is 5.91. The molecule has 0 bridgehead atoms. The number of methoxy groups -OCH3 is 1. The van der Waals surface area contributed by atoms with E-state index in [4.69, 9.17) is 9.62 Å². The van der Waals surface area contributed by atoms with E-state index < -0.39 is 0 Å². The molecule has 1 rings (SSSR count). The van der Waals surface area contributed by atoms with Crippen molar-refractivity contribution in [3.8, 4) is 0 Å². The average molecular weight is 169 g/mol. The standard InChI is InChI=1S/C7H7NO4/c1-11-7(8-10)6-3-2-5(4-9)12-6/h2-4,10H,1H3. The van der Waals surface area contributed by atoms with Crippen LogP contribution >= 0.6 is 0 Å². The van der Waals surface area contributed by atoms with Gasteiger partial charge in [-0.15, -0.1) is 0 Å². The van der Waals surface area contributed by atoms with E-state index in [0.717, 1.165) is 0 Å². The number of nitrogens with zero attached hydrogens (tertiary/aromatic N) is 1. The van der Waals surface area contributed by atoms with Crippen LogP contribution in [0.15, 0.2) is 21.7 Å². The molecule has 0 radical (unpaired) electrons. The normalized spacial score (nSPS) is 11.2. The predicted molar refractivity (Wildman–Crippen MR) is 39.4 cm³/mol. The highest BCUT2D eigenvalue weighted by atomic mass is 16.5. The zero-order valence-corrected chi connectivity index (χ0v) is 6.35. The van der Waals surface area contributed by atoms with Crippen molar-refractivity contribution in [1.82, 2.24) is 0 Å². The molecular weight excluding hydrogens is 162 g/mol. The first kappa shape index (κ1) is 8.32.